The lowest BCUT2D eigenvalue weighted by Gasteiger charge is -2.13. The van der Waals surface area contributed by atoms with Gasteiger partial charge in [-0.05, 0) is 35.9 Å². The van der Waals surface area contributed by atoms with E-state index < -0.39 is 0 Å². The summed E-state index contributed by atoms with van der Waals surface area (Å²) in [5, 5.41) is 0. The summed E-state index contributed by atoms with van der Waals surface area (Å²) in [7, 11) is 1.66. The van der Waals surface area contributed by atoms with Crippen molar-refractivity contribution < 1.29 is 9.47 Å². The number of hydrogen-bond donors (Lipinski definition) is 0. The van der Waals surface area contributed by atoms with Crippen LogP contribution in [0.3, 0.4) is 0 Å². The van der Waals surface area contributed by atoms with Crippen molar-refractivity contribution in [3.63, 3.8) is 0 Å². The van der Waals surface area contributed by atoms with Gasteiger partial charge in [-0.2, -0.15) is 0 Å². The molecule has 0 fully saturated rings. The van der Waals surface area contributed by atoms with E-state index in [2.05, 4.69) is 15.5 Å². The molecule has 4 heteroatoms. The fourth-order valence-electron chi connectivity index (χ4n) is 2.86. The lowest BCUT2D eigenvalue weighted by atomic mass is 10.1. The molecule has 2 heterocycles. The molecule has 0 amide bonds. The summed E-state index contributed by atoms with van der Waals surface area (Å²) in [4.78, 5) is 4.34. The Morgan fingerprint density at radius 3 is 2.64 bits per heavy atom. The zero-order valence-electron chi connectivity index (χ0n) is 13.9. The Balaban J connectivity index is 1.65. The van der Waals surface area contributed by atoms with Crippen molar-refractivity contribution in [3.05, 3.63) is 84.7 Å². The van der Waals surface area contributed by atoms with Crippen molar-refractivity contribution in [2.45, 2.75) is 6.61 Å². The Morgan fingerprint density at radius 1 is 0.920 bits per heavy atom. The Morgan fingerprint density at radius 2 is 1.80 bits per heavy atom. The molecule has 0 radical (unpaired) electrons. The number of methoxy groups -OCH3 is 1. The summed E-state index contributed by atoms with van der Waals surface area (Å²) in [6.45, 7) is 0.508. The number of rotatable bonds is 5. The van der Waals surface area contributed by atoms with Gasteiger partial charge in [0.1, 0.15) is 12.3 Å². The maximum atomic E-state index is 5.93. The molecular formula is C21H18N2O2. The van der Waals surface area contributed by atoms with Crippen molar-refractivity contribution in [3.8, 4) is 22.8 Å². The van der Waals surface area contributed by atoms with E-state index in [1.54, 1.807) is 13.3 Å². The van der Waals surface area contributed by atoms with Crippen molar-refractivity contribution in [1.29, 1.82) is 0 Å². The van der Waals surface area contributed by atoms with Crippen LogP contribution in [0.15, 0.2) is 79.1 Å². The highest BCUT2D eigenvalue weighted by Crippen LogP contribution is 2.33. The van der Waals surface area contributed by atoms with Crippen LogP contribution in [0.5, 0.6) is 11.5 Å². The van der Waals surface area contributed by atoms with Crippen molar-refractivity contribution in [2.24, 2.45) is 0 Å². The monoisotopic (exact) mass is 330 g/mol. The van der Waals surface area contributed by atoms with Crippen LogP contribution in [0.2, 0.25) is 0 Å². The minimum Gasteiger partial charge on any atom is -0.493 e. The van der Waals surface area contributed by atoms with Crippen molar-refractivity contribution >= 4 is 5.65 Å². The minimum absolute atomic E-state index is 0.508. The number of nitrogens with zero attached hydrogens (tertiary/aromatic N) is 2. The quantitative estimate of drug-likeness (QED) is 0.537. The SMILES string of the molecule is COc1cc(-c2cccc3nccn23)ccc1OCc1ccccc1. The summed E-state index contributed by atoms with van der Waals surface area (Å²) >= 11 is 0. The molecule has 2 aromatic carbocycles. The second-order valence-corrected chi connectivity index (χ2v) is 5.71. The number of imidazole rings is 1. The molecule has 0 atom stereocenters. The smallest absolute Gasteiger partial charge is 0.161 e. The molecule has 4 aromatic rings. The summed E-state index contributed by atoms with van der Waals surface area (Å²) in [5.41, 5.74) is 4.15. The predicted octanol–water partition coefficient (Wildman–Crippen LogP) is 4.59. The molecule has 2 aromatic heterocycles. The second kappa shape index (κ2) is 6.69. The van der Waals surface area contributed by atoms with Gasteiger partial charge in [0, 0.05) is 18.0 Å². The first-order chi connectivity index (χ1) is 12.3. The Labute approximate surface area is 146 Å². The van der Waals surface area contributed by atoms with Gasteiger partial charge < -0.3 is 9.47 Å². The predicted molar refractivity (Wildman–Crippen MR) is 98.0 cm³/mol. The fraction of sp³-hybridized carbons (Fsp3) is 0.0952. The summed E-state index contributed by atoms with van der Waals surface area (Å²) < 4.78 is 13.5. The van der Waals surface area contributed by atoms with Gasteiger partial charge in [0.15, 0.2) is 11.5 Å². The Hall–Kier alpha value is -3.27. The molecule has 0 aliphatic rings. The molecule has 4 rings (SSSR count). The normalized spacial score (nSPS) is 10.8. The highest BCUT2D eigenvalue weighted by molar-refractivity contribution is 5.67. The maximum absolute atomic E-state index is 5.93. The van der Waals surface area contributed by atoms with E-state index in [0.29, 0.717) is 12.4 Å². The van der Waals surface area contributed by atoms with Gasteiger partial charge in [-0.25, -0.2) is 4.98 Å². The summed E-state index contributed by atoms with van der Waals surface area (Å²) in [6.07, 6.45) is 3.75. The average Bonchev–Trinajstić information content (AvgIpc) is 3.16. The molecule has 4 nitrogen and oxygen atoms in total. The van der Waals surface area contributed by atoms with Crippen LogP contribution in [0, 0.1) is 0 Å². The molecule has 0 saturated heterocycles. The standard InChI is InChI=1S/C21H18N2O2/c1-24-20-14-17(18-8-5-9-21-22-12-13-23(18)21)10-11-19(20)25-15-16-6-3-2-4-7-16/h2-14H,15H2,1H3. The highest BCUT2D eigenvalue weighted by Gasteiger charge is 2.10. The van der Waals surface area contributed by atoms with Gasteiger partial charge in [0.05, 0.1) is 12.8 Å². The lowest BCUT2D eigenvalue weighted by molar-refractivity contribution is 0.284. The van der Waals surface area contributed by atoms with Gasteiger partial charge in [0.2, 0.25) is 0 Å². The zero-order chi connectivity index (χ0) is 17.1. The molecule has 0 aliphatic carbocycles. The average molecular weight is 330 g/mol. The van der Waals surface area contributed by atoms with Crippen LogP contribution in [0.4, 0.5) is 0 Å². The minimum atomic E-state index is 0.508. The molecule has 0 saturated carbocycles. The molecule has 0 bridgehead atoms. The number of ether oxygens (including phenoxy) is 2. The van der Waals surface area contributed by atoms with E-state index in [1.807, 2.05) is 66.9 Å². The van der Waals surface area contributed by atoms with Crippen LogP contribution in [-0.2, 0) is 6.61 Å². The first-order valence-electron chi connectivity index (χ1n) is 8.12. The lowest BCUT2D eigenvalue weighted by Crippen LogP contribution is -1.98. The Bertz CT molecular complexity index is 993. The largest absolute Gasteiger partial charge is 0.493 e. The second-order valence-electron chi connectivity index (χ2n) is 5.71. The third-order valence-corrected chi connectivity index (χ3v) is 4.12. The van der Waals surface area contributed by atoms with E-state index in [9.17, 15) is 0 Å². The van der Waals surface area contributed by atoms with Gasteiger partial charge >= 0.3 is 0 Å². The fourth-order valence-corrected chi connectivity index (χ4v) is 2.86. The number of pyridine rings is 1. The third-order valence-electron chi connectivity index (χ3n) is 4.12. The van der Waals surface area contributed by atoms with Crippen molar-refractivity contribution in [1.82, 2.24) is 9.38 Å². The molecule has 0 spiro atoms. The van der Waals surface area contributed by atoms with E-state index >= 15 is 0 Å². The first kappa shape index (κ1) is 15.3. The molecule has 0 N–H and O–H groups in total. The first-order valence-corrected chi connectivity index (χ1v) is 8.12. The molecule has 0 unspecified atom stereocenters. The van der Waals surface area contributed by atoms with E-state index in [0.717, 1.165) is 28.2 Å². The van der Waals surface area contributed by atoms with Crippen LogP contribution in [-0.4, -0.2) is 16.5 Å². The van der Waals surface area contributed by atoms with Gasteiger partial charge in [-0.1, -0.05) is 36.4 Å². The van der Waals surface area contributed by atoms with Crippen molar-refractivity contribution in [2.75, 3.05) is 7.11 Å². The third kappa shape index (κ3) is 3.06. The van der Waals surface area contributed by atoms with E-state index in [-0.39, 0.29) is 0 Å². The molecule has 124 valence electrons. The number of aromatic nitrogens is 2. The summed E-state index contributed by atoms with van der Waals surface area (Å²) in [6, 6.07) is 22.1. The molecule has 0 aliphatic heterocycles. The number of benzene rings is 2. The topological polar surface area (TPSA) is 35.8 Å². The van der Waals surface area contributed by atoms with Crippen LogP contribution >= 0.6 is 0 Å². The highest BCUT2D eigenvalue weighted by atomic mass is 16.5. The van der Waals surface area contributed by atoms with Crippen LogP contribution in [0.1, 0.15) is 5.56 Å². The maximum Gasteiger partial charge on any atom is 0.161 e. The number of hydrogen-bond acceptors (Lipinski definition) is 3. The van der Waals surface area contributed by atoms with E-state index in [4.69, 9.17) is 9.47 Å². The van der Waals surface area contributed by atoms with Crippen LogP contribution < -0.4 is 9.47 Å². The van der Waals surface area contributed by atoms with Gasteiger partial charge in [-0.15, -0.1) is 0 Å². The van der Waals surface area contributed by atoms with E-state index in [1.165, 1.54) is 0 Å². The zero-order valence-corrected chi connectivity index (χ0v) is 13.9. The van der Waals surface area contributed by atoms with Gasteiger partial charge in [-0.3, -0.25) is 4.40 Å². The summed E-state index contributed by atoms with van der Waals surface area (Å²) in [5.74, 6) is 1.44. The van der Waals surface area contributed by atoms with Crippen LogP contribution in [0.25, 0.3) is 16.9 Å². The molecular weight excluding hydrogens is 312 g/mol. The number of fused-ring (bicyclic) bond motifs is 1. The Kier molecular flexibility index (Phi) is 4.09. The molecule has 25 heavy (non-hydrogen) atoms. The van der Waals surface area contributed by atoms with Gasteiger partial charge in [0.25, 0.3) is 0 Å².